The summed E-state index contributed by atoms with van der Waals surface area (Å²) in [5, 5.41) is 16.5. The van der Waals surface area contributed by atoms with E-state index in [-0.39, 0.29) is 22.9 Å². The number of nitrogens with one attached hydrogen (secondary N) is 2. The number of hydrogen-bond donors (Lipinski definition) is 3. The largest absolute Gasteiger partial charge is 0.465 e. The van der Waals surface area contributed by atoms with E-state index in [2.05, 4.69) is 10.6 Å². The Morgan fingerprint density at radius 1 is 0.936 bits per heavy atom. The first kappa shape index (κ1) is 34.5. The fraction of sp³-hybridized carbons (Fsp3) is 0.429. The van der Waals surface area contributed by atoms with Crippen LogP contribution in [0.5, 0.6) is 0 Å². The zero-order chi connectivity index (χ0) is 33.6. The van der Waals surface area contributed by atoms with Crippen molar-refractivity contribution in [3.8, 4) is 0 Å². The van der Waals surface area contributed by atoms with Crippen LogP contribution in [0.25, 0.3) is 0 Å². The molecule has 1 saturated carbocycles. The summed E-state index contributed by atoms with van der Waals surface area (Å²) in [7, 11) is -2.36. The molecule has 0 radical (unpaired) electrons. The molecular weight excluding hydrogens is 626 g/mol. The summed E-state index contributed by atoms with van der Waals surface area (Å²) in [4.78, 5) is 27.8. The van der Waals surface area contributed by atoms with Crippen molar-refractivity contribution in [3.63, 3.8) is 0 Å². The van der Waals surface area contributed by atoms with Crippen molar-refractivity contribution in [2.45, 2.75) is 67.5 Å². The average molecular weight is 669 g/mol. The Morgan fingerprint density at radius 3 is 2.13 bits per heavy atom. The monoisotopic (exact) mass is 668 g/mol. The number of carboxylic acid groups (broad SMARTS) is 1. The van der Waals surface area contributed by atoms with Crippen LogP contribution in [0.4, 0.5) is 13.6 Å². The van der Waals surface area contributed by atoms with E-state index in [1.165, 1.54) is 55.6 Å². The molecule has 0 bridgehead atoms. The Balaban J connectivity index is 1.37. The van der Waals surface area contributed by atoms with Gasteiger partial charge in [-0.25, -0.2) is 22.0 Å². The quantitative estimate of drug-likeness (QED) is 0.259. The van der Waals surface area contributed by atoms with Gasteiger partial charge in [-0.1, -0.05) is 55.3 Å². The van der Waals surface area contributed by atoms with Crippen molar-refractivity contribution in [2.75, 3.05) is 26.7 Å². The maximum Gasteiger partial charge on any atom is 0.407 e. The molecule has 0 spiro atoms. The summed E-state index contributed by atoms with van der Waals surface area (Å²) in [6.45, 7) is 1.45. The van der Waals surface area contributed by atoms with Crippen molar-refractivity contribution < 1.29 is 31.9 Å². The lowest BCUT2D eigenvalue weighted by atomic mass is 9.79. The second-order valence-corrected chi connectivity index (χ2v) is 14.3. The minimum Gasteiger partial charge on any atom is -0.465 e. The van der Waals surface area contributed by atoms with Gasteiger partial charge in [-0.15, -0.1) is 0 Å². The zero-order valence-corrected chi connectivity index (χ0v) is 27.2. The molecule has 9 nitrogen and oxygen atoms in total. The molecular formula is C35H42F2N4O5S. The van der Waals surface area contributed by atoms with E-state index in [0.29, 0.717) is 50.0 Å². The van der Waals surface area contributed by atoms with E-state index in [1.807, 2.05) is 0 Å². The summed E-state index contributed by atoms with van der Waals surface area (Å²) < 4.78 is 56.5. The van der Waals surface area contributed by atoms with Crippen LogP contribution in [-0.4, -0.2) is 79.5 Å². The summed E-state index contributed by atoms with van der Waals surface area (Å²) in [6.07, 6.45) is 3.36. The molecule has 1 aliphatic heterocycles. The van der Waals surface area contributed by atoms with Crippen LogP contribution in [-0.2, 0) is 14.8 Å². The Labute approximate surface area is 275 Å². The molecule has 3 aromatic carbocycles. The predicted octanol–water partition coefficient (Wildman–Crippen LogP) is 5.19. The average Bonchev–Trinajstić information content (AvgIpc) is 3.08. The first-order valence-electron chi connectivity index (χ1n) is 16.1. The molecule has 4 atom stereocenters. The Kier molecular flexibility index (Phi) is 11.3. The minimum absolute atomic E-state index is 0.0572. The lowest BCUT2D eigenvalue weighted by molar-refractivity contribution is -0.127. The third kappa shape index (κ3) is 8.17. The second-order valence-electron chi connectivity index (χ2n) is 12.4. The van der Waals surface area contributed by atoms with Gasteiger partial charge in [0.25, 0.3) is 0 Å². The van der Waals surface area contributed by atoms with Crippen LogP contribution in [0.1, 0.15) is 55.6 Å². The topological polar surface area (TPSA) is 119 Å². The number of halogens is 2. The van der Waals surface area contributed by atoms with Gasteiger partial charge >= 0.3 is 6.09 Å². The van der Waals surface area contributed by atoms with Gasteiger partial charge in [0.2, 0.25) is 15.9 Å². The molecule has 2 aliphatic rings. The number of nitrogens with zero attached hydrogens (tertiary/aromatic N) is 2. The highest BCUT2D eigenvalue weighted by Gasteiger charge is 2.40. The van der Waals surface area contributed by atoms with Crippen molar-refractivity contribution in [1.82, 2.24) is 19.8 Å². The molecule has 1 aliphatic carbocycles. The first-order chi connectivity index (χ1) is 22.6. The molecule has 47 heavy (non-hydrogen) atoms. The van der Waals surface area contributed by atoms with Gasteiger partial charge in [0.1, 0.15) is 17.7 Å². The number of benzene rings is 3. The molecule has 252 valence electrons. The maximum absolute atomic E-state index is 14.2. The molecule has 2 amide bonds. The molecule has 5 rings (SSSR count). The second kappa shape index (κ2) is 15.4. The van der Waals surface area contributed by atoms with Crippen molar-refractivity contribution >= 4 is 22.0 Å². The van der Waals surface area contributed by atoms with Crippen molar-refractivity contribution in [3.05, 3.63) is 102 Å². The highest BCUT2D eigenvalue weighted by molar-refractivity contribution is 7.89. The van der Waals surface area contributed by atoms with Gasteiger partial charge in [-0.05, 0) is 79.1 Å². The third-order valence-corrected chi connectivity index (χ3v) is 11.5. The number of likely N-dealkylation sites (N-methyl/N-ethyl adjacent to an activating group) is 1. The number of amides is 2. The number of carbonyl (C=O) groups is 2. The number of rotatable bonds is 11. The van der Waals surface area contributed by atoms with Crippen molar-refractivity contribution in [2.24, 2.45) is 5.92 Å². The highest BCUT2D eigenvalue weighted by atomic mass is 32.2. The van der Waals surface area contributed by atoms with E-state index >= 15 is 0 Å². The van der Waals surface area contributed by atoms with Crippen LogP contribution in [0.15, 0.2) is 83.8 Å². The lowest BCUT2D eigenvalue weighted by Gasteiger charge is -2.39. The molecule has 2 fully saturated rings. The van der Waals surface area contributed by atoms with Crippen LogP contribution in [0.3, 0.4) is 0 Å². The molecule has 0 unspecified atom stereocenters. The maximum atomic E-state index is 14.2. The lowest BCUT2D eigenvalue weighted by Crippen LogP contribution is -2.55. The van der Waals surface area contributed by atoms with Gasteiger partial charge in [-0.2, -0.15) is 4.31 Å². The fourth-order valence-electron chi connectivity index (χ4n) is 7.02. The number of hydrogen-bond acceptors (Lipinski definition) is 5. The first-order valence-corrected chi connectivity index (χ1v) is 17.5. The van der Waals surface area contributed by atoms with Crippen LogP contribution in [0, 0.1) is 17.6 Å². The number of carbonyl (C=O) groups excluding carboxylic acids is 1. The summed E-state index contributed by atoms with van der Waals surface area (Å²) in [5.74, 6) is -2.25. The predicted molar refractivity (Wildman–Crippen MR) is 174 cm³/mol. The molecule has 0 aromatic heterocycles. The van der Waals surface area contributed by atoms with E-state index in [0.717, 1.165) is 24.2 Å². The number of sulfonamides is 1. The van der Waals surface area contributed by atoms with Crippen LogP contribution < -0.4 is 10.6 Å². The zero-order valence-electron chi connectivity index (χ0n) is 26.4. The number of piperazine rings is 1. The fourth-order valence-corrected chi connectivity index (χ4v) is 8.69. The Bertz CT molecular complexity index is 1560. The van der Waals surface area contributed by atoms with Gasteiger partial charge in [-0.3, -0.25) is 9.69 Å². The molecule has 12 heteroatoms. The van der Waals surface area contributed by atoms with Gasteiger partial charge in [0, 0.05) is 44.7 Å². The standard InChI is InChI=1S/C35H42F2N4O5S/c1-40(35(43)44)33(32(25-11-16-27(36)17-12-25)26-13-18-28(37)19-14-26)34(42)39-31-10-6-5-7-24(31)15-20-29-23-38-21-22-41(29)47(45,46)30-8-3-2-4-9-30/h2-4,8-9,11-14,16-19,24,29,31-33,38H,5-7,10,15,20-23H2,1H3,(H,39,42)(H,43,44)/t24-,29+,31+,33+/m1/s1. The normalized spacial score (nSPS) is 21.2. The van der Waals surface area contributed by atoms with Gasteiger partial charge in [0.15, 0.2) is 0 Å². The molecule has 3 N–H and O–H groups in total. The van der Waals surface area contributed by atoms with Gasteiger partial charge < -0.3 is 15.7 Å². The SMILES string of the molecule is CN(C(=O)O)[C@H](C(=O)N[C@H]1CCCC[C@@H]1CC[C@H]1CNCCN1S(=O)(=O)c1ccccc1)C(c1ccc(F)cc1)c1ccc(F)cc1. The molecule has 1 saturated heterocycles. The minimum atomic E-state index is -3.68. The summed E-state index contributed by atoms with van der Waals surface area (Å²) in [5.41, 5.74) is 1.02. The van der Waals surface area contributed by atoms with E-state index < -0.39 is 45.6 Å². The molecule has 1 heterocycles. The van der Waals surface area contributed by atoms with Crippen LogP contribution in [0.2, 0.25) is 0 Å². The van der Waals surface area contributed by atoms with E-state index in [9.17, 15) is 31.9 Å². The Morgan fingerprint density at radius 2 is 1.53 bits per heavy atom. The Hall–Kier alpha value is -3.87. The summed E-state index contributed by atoms with van der Waals surface area (Å²) >= 11 is 0. The smallest absolute Gasteiger partial charge is 0.407 e. The highest BCUT2D eigenvalue weighted by Crippen LogP contribution is 2.34. The van der Waals surface area contributed by atoms with Crippen LogP contribution >= 0.6 is 0 Å². The van der Waals surface area contributed by atoms with E-state index in [1.54, 1.807) is 34.6 Å². The van der Waals surface area contributed by atoms with Gasteiger partial charge in [0.05, 0.1) is 4.90 Å². The summed E-state index contributed by atoms with van der Waals surface area (Å²) in [6, 6.07) is 17.7. The third-order valence-electron chi connectivity index (χ3n) is 9.52. The molecule has 3 aromatic rings. The van der Waals surface area contributed by atoms with E-state index in [4.69, 9.17) is 0 Å². The van der Waals surface area contributed by atoms with Crippen molar-refractivity contribution in [1.29, 1.82) is 0 Å².